The van der Waals surface area contributed by atoms with Crippen LogP contribution in [0.5, 0.6) is 0 Å². The van der Waals surface area contributed by atoms with Crippen LogP contribution >= 0.6 is 0 Å². The molecule has 6 rings (SSSR count). The maximum absolute atomic E-state index is 13.5. The summed E-state index contributed by atoms with van der Waals surface area (Å²) in [7, 11) is 0. The van der Waals surface area contributed by atoms with Gasteiger partial charge < -0.3 is 15.3 Å². The van der Waals surface area contributed by atoms with Crippen molar-refractivity contribution in [2.45, 2.75) is 68.5 Å². The summed E-state index contributed by atoms with van der Waals surface area (Å²) in [6.07, 6.45) is 8.67. The van der Waals surface area contributed by atoms with Gasteiger partial charge in [-0.25, -0.2) is 8.78 Å². The highest BCUT2D eigenvalue weighted by molar-refractivity contribution is 5.47. The molecule has 0 spiro atoms. The number of rotatable bonds is 3. The first kappa shape index (κ1) is 16.9. The number of piperidine rings is 1. The monoisotopic (exact) mass is 362 g/mol. The predicted octanol–water partition coefficient (Wildman–Crippen LogP) is 3.61. The summed E-state index contributed by atoms with van der Waals surface area (Å²) in [5.74, 6) is -0.179. The van der Waals surface area contributed by atoms with Crippen LogP contribution < -0.4 is 10.2 Å². The molecule has 2 unspecified atom stereocenters. The van der Waals surface area contributed by atoms with Crippen LogP contribution in [0.4, 0.5) is 14.5 Å². The molecule has 1 aromatic carbocycles. The number of hydrogen-bond acceptors (Lipinski definition) is 3. The number of aliphatic hydroxyl groups is 1. The minimum absolute atomic E-state index is 0.133. The fourth-order valence-electron chi connectivity index (χ4n) is 6.78. The molecule has 1 heterocycles. The highest BCUT2D eigenvalue weighted by atomic mass is 19.2. The second-order valence-electron chi connectivity index (χ2n) is 9.47. The van der Waals surface area contributed by atoms with Gasteiger partial charge >= 0.3 is 0 Å². The van der Waals surface area contributed by atoms with Gasteiger partial charge in [-0.15, -0.1) is 0 Å². The molecule has 26 heavy (non-hydrogen) atoms. The van der Waals surface area contributed by atoms with Crippen molar-refractivity contribution in [1.29, 1.82) is 0 Å². The van der Waals surface area contributed by atoms with Crippen LogP contribution in [0, 0.1) is 23.5 Å². The highest BCUT2D eigenvalue weighted by Crippen LogP contribution is 2.57. The van der Waals surface area contributed by atoms with Crippen molar-refractivity contribution in [3.05, 3.63) is 29.8 Å². The van der Waals surface area contributed by atoms with Gasteiger partial charge in [0.15, 0.2) is 11.6 Å². The molecule has 3 nitrogen and oxygen atoms in total. The van der Waals surface area contributed by atoms with E-state index in [0.717, 1.165) is 50.9 Å². The quantitative estimate of drug-likeness (QED) is 0.862. The zero-order chi connectivity index (χ0) is 17.9. The van der Waals surface area contributed by atoms with E-state index in [4.69, 9.17) is 0 Å². The molecule has 0 radical (unpaired) electrons. The Morgan fingerprint density at radius 1 is 1.00 bits per heavy atom. The molecule has 142 valence electrons. The fraction of sp³-hybridized carbons (Fsp3) is 0.714. The third-order valence-electron chi connectivity index (χ3n) is 7.30. The SMILES string of the molecule is OC12CC3CC(C1)CC(NC1CCN(c4ccc(F)c(F)c4)CC1)(C3)C2. The zero-order valence-corrected chi connectivity index (χ0v) is 15.2. The van der Waals surface area contributed by atoms with E-state index in [1.54, 1.807) is 6.07 Å². The van der Waals surface area contributed by atoms with Crippen LogP contribution in [-0.4, -0.2) is 35.4 Å². The van der Waals surface area contributed by atoms with Gasteiger partial charge in [-0.2, -0.15) is 0 Å². The number of benzene rings is 1. The van der Waals surface area contributed by atoms with Gasteiger partial charge in [0.05, 0.1) is 5.60 Å². The van der Waals surface area contributed by atoms with Gasteiger partial charge in [0.2, 0.25) is 0 Å². The van der Waals surface area contributed by atoms with E-state index >= 15 is 0 Å². The van der Waals surface area contributed by atoms with Crippen molar-refractivity contribution < 1.29 is 13.9 Å². The zero-order valence-electron chi connectivity index (χ0n) is 15.2. The highest BCUT2D eigenvalue weighted by Gasteiger charge is 2.57. The Morgan fingerprint density at radius 3 is 2.31 bits per heavy atom. The number of nitrogens with one attached hydrogen (secondary N) is 1. The first-order chi connectivity index (χ1) is 12.4. The average Bonchev–Trinajstić information content (AvgIpc) is 2.55. The fourth-order valence-corrected chi connectivity index (χ4v) is 6.78. The Labute approximate surface area is 153 Å². The topological polar surface area (TPSA) is 35.5 Å². The summed E-state index contributed by atoms with van der Waals surface area (Å²) in [4.78, 5) is 2.15. The molecule has 5 aliphatic rings. The molecule has 4 bridgehead atoms. The van der Waals surface area contributed by atoms with Crippen LogP contribution in [0.1, 0.15) is 51.4 Å². The van der Waals surface area contributed by atoms with Crippen molar-refractivity contribution >= 4 is 5.69 Å². The summed E-state index contributed by atoms with van der Waals surface area (Å²) >= 11 is 0. The average molecular weight is 362 g/mol. The van der Waals surface area contributed by atoms with E-state index in [2.05, 4.69) is 10.2 Å². The van der Waals surface area contributed by atoms with E-state index in [1.165, 1.54) is 31.4 Å². The lowest BCUT2D eigenvalue weighted by Gasteiger charge is -2.61. The van der Waals surface area contributed by atoms with E-state index < -0.39 is 17.2 Å². The normalized spacial score (nSPS) is 39.6. The van der Waals surface area contributed by atoms with Gasteiger partial charge in [-0.05, 0) is 75.3 Å². The molecule has 0 amide bonds. The van der Waals surface area contributed by atoms with Crippen molar-refractivity contribution in [2.75, 3.05) is 18.0 Å². The maximum Gasteiger partial charge on any atom is 0.160 e. The van der Waals surface area contributed by atoms with Gasteiger partial charge in [-0.3, -0.25) is 0 Å². The lowest BCUT2D eigenvalue weighted by atomic mass is 9.51. The molecule has 4 saturated carbocycles. The molecular weight excluding hydrogens is 334 g/mol. The van der Waals surface area contributed by atoms with E-state index in [1.807, 2.05) is 0 Å². The summed E-state index contributed by atoms with van der Waals surface area (Å²) in [6.45, 7) is 1.71. The van der Waals surface area contributed by atoms with Crippen LogP contribution in [0.2, 0.25) is 0 Å². The summed E-state index contributed by atoms with van der Waals surface area (Å²) in [5.41, 5.74) is 0.475. The third kappa shape index (κ3) is 2.93. The second kappa shape index (κ2) is 5.90. The van der Waals surface area contributed by atoms with Crippen LogP contribution in [0.3, 0.4) is 0 Å². The largest absolute Gasteiger partial charge is 0.390 e. The summed E-state index contributed by atoms with van der Waals surface area (Å²) in [5, 5.41) is 14.9. The van der Waals surface area contributed by atoms with Crippen LogP contribution in [-0.2, 0) is 0 Å². The Kier molecular flexibility index (Phi) is 3.84. The predicted molar refractivity (Wildman–Crippen MR) is 97.1 cm³/mol. The molecule has 5 heteroatoms. The van der Waals surface area contributed by atoms with Gasteiger partial charge in [-0.1, -0.05) is 0 Å². The van der Waals surface area contributed by atoms with E-state index in [9.17, 15) is 13.9 Å². The minimum Gasteiger partial charge on any atom is -0.390 e. The van der Waals surface area contributed by atoms with Crippen molar-refractivity contribution in [2.24, 2.45) is 11.8 Å². The van der Waals surface area contributed by atoms with Crippen molar-refractivity contribution in [3.8, 4) is 0 Å². The van der Waals surface area contributed by atoms with E-state index in [-0.39, 0.29) is 5.54 Å². The first-order valence-corrected chi connectivity index (χ1v) is 10.1. The van der Waals surface area contributed by atoms with Crippen LogP contribution in [0.15, 0.2) is 18.2 Å². The number of nitrogens with zero attached hydrogens (tertiary/aromatic N) is 1. The number of anilines is 1. The molecule has 2 N–H and O–H groups in total. The minimum atomic E-state index is -0.787. The van der Waals surface area contributed by atoms with Gasteiger partial charge in [0.1, 0.15) is 0 Å². The summed E-state index contributed by atoms with van der Waals surface area (Å²) < 4.78 is 26.6. The van der Waals surface area contributed by atoms with E-state index in [0.29, 0.717) is 17.9 Å². The van der Waals surface area contributed by atoms with Gasteiger partial charge in [0, 0.05) is 36.4 Å². The Morgan fingerprint density at radius 2 is 1.69 bits per heavy atom. The molecule has 4 aliphatic carbocycles. The Bertz CT molecular complexity index is 687. The molecule has 5 fully saturated rings. The lowest BCUT2D eigenvalue weighted by molar-refractivity contribution is -0.144. The van der Waals surface area contributed by atoms with Crippen molar-refractivity contribution in [3.63, 3.8) is 0 Å². The molecule has 1 aliphatic heterocycles. The Hall–Kier alpha value is -1.20. The van der Waals surface area contributed by atoms with Crippen molar-refractivity contribution in [1.82, 2.24) is 5.32 Å². The molecule has 1 aromatic rings. The lowest BCUT2D eigenvalue weighted by Crippen LogP contribution is -2.66. The molecule has 1 saturated heterocycles. The smallest absolute Gasteiger partial charge is 0.160 e. The molecule has 2 atom stereocenters. The first-order valence-electron chi connectivity index (χ1n) is 10.1. The standard InChI is InChI=1S/C21H28F2N2O/c22-18-2-1-17(8-19(18)23)25-5-3-16(4-6-25)24-20-9-14-7-15(10-20)12-21(26,11-14)13-20/h1-2,8,14-16,24,26H,3-7,9-13H2. The number of halogens is 2. The molecular formula is C21H28F2N2O. The second-order valence-corrected chi connectivity index (χ2v) is 9.47. The van der Waals surface area contributed by atoms with Gasteiger partial charge in [0.25, 0.3) is 0 Å². The number of hydrogen-bond donors (Lipinski definition) is 2. The van der Waals surface area contributed by atoms with Crippen LogP contribution in [0.25, 0.3) is 0 Å². The maximum atomic E-state index is 13.5. The Balaban J connectivity index is 1.23. The summed E-state index contributed by atoms with van der Waals surface area (Å²) in [6, 6.07) is 4.64. The third-order valence-corrected chi connectivity index (χ3v) is 7.30. The molecule has 0 aromatic heterocycles.